The van der Waals surface area contributed by atoms with Crippen LogP contribution in [0.2, 0.25) is 0 Å². The number of nitrogens with two attached hydrogens (primary N) is 1. The van der Waals surface area contributed by atoms with Crippen molar-refractivity contribution in [2.75, 3.05) is 6.61 Å². The Hall–Kier alpha value is -0.680. The summed E-state index contributed by atoms with van der Waals surface area (Å²) in [5.41, 5.74) is 5.50. The zero-order chi connectivity index (χ0) is 11.4. The quantitative estimate of drug-likeness (QED) is 0.694. The van der Waals surface area contributed by atoms with Gasteiger partial charge in [0.15, 0.2) is 0 Å². The molecule has 0 aliphatic carbocycles. The van der Waals surface area contributed by atoms with Crippen molar-refractivity contribution < 1.29 is 9.53 Å². The minimum absolute atomic E-state index is 0.0975. The Balaban J connectivity index is 2.50. The molecule has 0 bridgehead atoms. The molecule has 0 spiro atoms. The Morgan fingerprint density at radius 1 is 1.73 bits per heavy atom. The van der Waals surface area contributed by atoms with Gasteiger partial charge in [0, 0.05) is 6.61 Å². The van der Waals surface area contributed by atoms with Crippen LogP contribution in [0.25, 0.3) is 0 Å². The number of nitrogens with one attached hydrogen (secondary N) is 1. The topological polar surface area (TPSA) is 64.3 Å². The summed E-state index contributed by atoms with van der Waals surface area (Å²) in [4.78, 5) is 12.1. The molecule has 15 heavy (non-hydrogen) atoms. The molecule has 4 nitrogen and oxygen atoms in total. The molecule has 1 amide bonds. The maximum atomic E-state index is 11.8. The highest BCUT2D eigenvalue weighted by molar-refractivity contribution is 7.80. The molecule has 3 N–H and O–H groups in total. The fourth-order valence-corrected chi connectivity index (χ4v) is 1.88. The highest BCUT2D eigenvalue weighted by Crippen LogP contribution is 2.20. The van der Waals surface area contributed by atoms with Gasteiger partial charge in [0.2, 0.25) is 5.91 Å². The van der Waals surface area contributed by atoms with Gasteiger partial charge in [-0.25, -0.2) is 0 Å². The monoisotopic (exact) mass is 230 g/mol. The molecule has 0 aromatic carbocycles. The minimum Gasteiger partial charge on any atom is -0.392 e. The van der Waals surface area contributed by atoms with Crippen molar-refractivity contribution in [3.05, 3.63) is 0 Å². The molecule has 0 radical (unpaired) electrons. The van der Waals surface area contributed by atoms with Crippen LogP contribution < -0.4 is 11.1 Å². The highest BCUT2D eigenvalue weighted by Gasteiger charge is 2.31. The molecule has 1 heterocycles. The van der Waals surface area contributed by atoms with Crippen molar-refractivity contribution in [1.82, 2.24) is 5.32 Å². The number of ether oxygens (including phenoxy) is 1. The zero-order valence-corrected chi connectivity index (χ0v) is 9.97. The van der Waals surface area contributed by atoms with Crippen LogP contribution in [0.15, 0.2) is 0 Å². The van der Waals surface area contributed by atoms with E-state index in [4.69, 9.17) is 22.7 Å². The zero-order valence-electron chi connectivity index (χ0n) is 9.16. The molecule has 0 aromatic heterocycles. The summed E-state index contributed by atoms with van der Waals surface area (Å²) in [7, 11) is 0. The van der Waals surface area contributed by atoms with E-state index in [-0.39, 0.29) is 24.0 Å². The van der Waals surface area contributed by atoms with Crippen molar-refractivity contribution in [2.45, 2.75) is 38.8 Å². The second-order valence-electron chi connectivity index (χ2n) is 3.93. The minimum atomic E-state index is -0.339. The molecule has 1 aliphatic heterocycles. The lowest BCUT2D eigenvalue weighted by atomic mass is 10.0. The van der Waals surface area contributed by atoms with Gasteiger partial charge in [-0.1, -0.05) is 26.1 Å². The summed E-state index contributed by atoms with van der Waals surface area (Å²) >= 11 is 4.86. The molecular weight excluding hydrogens is 212 g/mol. The lowest BCUT2D eigenvalue weighted by Crippen LogP contribution is -2.48. The van der Waals surface area contributed by atoms with E-state index in [9.17, 15) is 4.79 Å². The van der Waals surface area contributed by atoms with E-state index in [1.807, 2.05) is 13.8 Å². The molecular formula is C10H18N2O2S. The maximum absolute atomic E-state index is 11.8. The van der Waals surface area contributed by atoms with Gasteiger partial charge in [-0.2, -0.15) is 0 Å². The van der Waals surface area contributed by atoms with Gasteiger partial charge in [-0.15, -0.1) is 0 Å². The third kappa shape index (κ3) is 3.14. The molecule has 0 aromatic rings. The van der Waals surface area contributed by atoms with E-state index >= 15 is 0 Å². The fourth-order valence-electron chi connectivity index (χ4n) is 1.66. The van der Waals surface area contributed by atoms with E-state index in [0.29, 0.717) is 18.0 Å². The van der Waals surface area contributed by atoms with Crippen LogP contribution in [-0.4, -0.2) is 29.6 Å². The average molecular weight is 230 g/mol. The van der Waals surface area contributed by atoms with Gasteiger partial charge in [0.05, 0.1) is 11.0 Å². The largest absolute Gasteiger partial charge is 0.392 e. The van der Waals surface area contributed by atoms with Crippen LogP contribution in [0.1, 0.15) is 26.7 Å². The van der Waals surface area contributed by atoms with E-state index in [1.54, 1.807) is 0 Å². The Bertz CT molecular complexity index is 258. The SMILES string of the molecule is CCC(NC(=O)C1OCCC1C)C(N)=S. The third-order valence-corrected chi connectivity index (χ3v) is 3.00. The first-order valence-electron chi connectivity index (χ1n) is 5.27. The second kappa shape index (κ2) is 5.42. The molecule has 1 fully saturated rings. The van der Waals surface area contributed by atoms with E-state index < -0.39 is 0 Å². The summed E-state index contributed by atoms with van der Waals surface area (Å²) in [6.45, 7) is 4.60. The van der Waals surface area contributed by atoms with Crippen molar-refractivity contribution in [3.8, 4) is 0 Å². The van der Waals surface area contributed by atoms with Crippen LogP contribution in [0.3, 0.4) is 0 Å². The fraction of sp³-hybridized carbons (Fsp3) is 0.800. The van der Waals surface area contributed by atoms with E-state index in [2.05, 4.69) is 5.32 Å². The standard InChI is InChI=1S/C10H18N2O2S/c1-3-7(9(11)15)12-10(13)8-6(2)4-5-14-8/h6-8H,3-5H2,1-2H3,(H2,11,15)(H,12,13). The Kier molecular flexibility index (Phi) is 4.47. The number of carbonyl (C=O) groups is 1. The molecule has 86 valence electrons. The van der Waals surface area contributed by atoms with E-state index in [1.165, 1.54) is 0 Å². The van der Waals surface area contributed by atoms with Gasteiger partial charge >= 0.3 is 0 Å². The Labute approximate surface area is 95.5 Å². The van der Waals surface area contributed by atoms with Crippen molar-refractivity contribution >= 4 is 23.1 Å². The maximum Gasteiger partial charge on any atom is 0.249 e. The molecule has 5 heteroatoms. The second-order valence-corrected chi connectivity index (χ2v) is 4.40. The van der Waals surface area contributed by atoms with Gasteiger partial charge < -0.3 is 15.8 Å². The van der Waals surface area contributed by atoms with Gasteiger partial charge in [0.1, 0.15) is 6.10 Å². The number of carbonyl (C=O) groups excluding carboxylic acids is 1. The van der Waals surface area contributed by atoms with Crippen molar-refractivity contribution in [2.24, 2.45) is 11.7 Å². The summed E-state index contributed by atoms with van der Waals surface area (Å²) < 4.78 is 5.36. The van der Waals surface area contributed by atoms with Gasteiger partial charge in [-0.3, -0.25) is 4.79 Å². The number of rotatable bonds is 4. The van der Waals surface area contributed by atoms with Gasteiger partial charge in [-0.05, 0) is 18.8 Å². The molecule has 0 saturated carbocycles. The summed E-state index contributed by atoms with van der Waals surface area (Å²) in [6.07, 6.45) is 1.30. The van der Waals surface area contributed by atoms with Crippen LogP contribution >= 0.6 is 12.2 Å². The normalized spacial score (nSPS) is 27.3. The van der Waals surface area contributed by atoms with Gasteiger partial charge in [0.25, 0.3) is 0 Å². The molecule has 1 rings (SSSR count). The van der Waals surface area contributed by atoms with Crippen LogP contribution in [0.5, 0.6) is 0 Å². The first-order valence-corrected chi connectivity index (χ1v) is 5.68. The summed E-state index contributed by atoms with van der Waals surface area (Å²) in [6, 6.07) is -0.219. The van der Waals surface area contributed by atoms with E-state index in [0.717, 1.165) is 6.42 Å². The van der Waals surface area contributed by atoms with Crippen LogP contribution in [0.4, 0.5) is 0 Å². The number of amides is 1. The number of thiocarbonyl (C=S) groups is 1. The molecule has 1 saturated heterocycles. The lowest BCUT2D eigenvalue weighted by Gasteiger charge is -2.19. The Morgan fingerprint density at radius 2 is 2.40 bits per heavy atom. The molecule has 1 aliphatic rings. The molecule has 3 atom stereocenters. The third-order valence-electron chi connectivity index (χ3n) is 2.71. The first kappa shape index (κ1) is 12.4. The molecule has 3 unspecified atom stereocenters. The van der Waals surface area contributed by atoms with Crippen molar-refractivity contribution in [3.63, 3.8) is 0 Å². The van der Waals surface area contributed by atoms with Crippen molar-refractivity contribution in [1.29, 1.82) is 0 Å². The number of hydrogen-bond donors (Lipinski definition) is 2. The average Bonchev–Trinajstić information content (AvgIpc) is 2.60. The summed E-state index contributed by atoms with van der Waals surface area (Å²) in [5.74, 6) is 0.175. The predicted molar refractivity (Wildman–Crippen MR) is 62.5 cm³/mol. The Morgan fingerprint density at radius 3 is 2.80 bits per heavy atom. The smallest absolute Gasteiger partial charge is 0.249 e. The van der Waals surface area contributed by atoms with Crippen LogP contribution in [0, 0.1) is 5.92 Å². The first-order chi connectivity index (χ1) is 7.06. The van der Waals surface area contributed by atoms with Crippen LogP contribution in [-0.2, 0) is 9.53 Å². The summed E-state index contributed by atoms with van der Waals surface area (Å²) in [5, 5.41) is 2.81. The predicted octanol–water partition coefficient (Wildman–Crippen LogP) is 0.592. The highest BCUT2D eigenvalue weighted by atomic mass is 32.1. The number of hydrogen-bond acceptors (Lipinski definition) is 3. The lowest BCUT2D eigenvalue weighted by molar-refractivity contribution is -0.131.